The summed E-state index contributed by atoms with van der Waals surface area (Å²) < 4.78 is 0.965. The second kappa shape index (κ2) is 9.59. The summed E-state index contributed by atoms with van der Waals surface area (Å²) in [4.78, 5) is 11.9. The first-order valence-corrected chi connectivity index (χ1v) is 8.34. The first-order valence-electron chi connectivity index (χ1n) is 6.88. The lowest BCUT2D eigenvalue weighted by molar-refractivity contribution is 0.0953. The van der Waals surface area contributed by atoms with Crippen molar-refractivity contribution in [1.82, 2.24) is 5.32 Å². The zero-order valence-electron chi connectivity index (χ0n) is 11.3. The van der Waals surface area contributed by atoms with Crippen LogP contribution in [0.5, 0.6) is 0 Å². The molecule has 4 heteroatoms. The zero-order valence-corrected chi connectivity index (χ0v) is 14.3. The number of rotatable bonds is 8. The molecule has 0 aliphatic carbocycles. The third-order valence-corrected chi connectivity index (χ3v) is 4.57. The molecule has 0 atom stereocenters. The number of nitrogens with one attached hydrogen (secondary N) is 1. The standard InChI is InChI=1S/C15H21ClINO/c1-2-3-4-5-6-7-10-18-15(19)12-8-9-14(17)13(16)11-12/h8-9,11H,2-7,10H2,1H3,(H,18,19). The zero-order chi connectivity index (χ0) is 14.1. The molecule has 0 unspecified atom stereocenters. The maximum Gasteiger partial charge on any atom is 0.251 e. The normalized spacial score (nSPS) is 10.5. The topological polar surface area (TPSA) is 29.1 Å². The van der Waals surface area contributed by atoms with Crippen LogP contribution in [0, 0.1) is 3.57 Å². The molecule has 0 radical (unpaired) electrons. The minimum absolute atomic E-state index is 0.0353. The molecular formula is C15H21ClINO. The first-order chi connectivity index (χ1) is 9.15. The highest BCUT2D eigenvalue weighted by Gasteiger charge is 2.06. The molecule has 0 saturated heterocycles. The summed E-state index contributed by atoms with van der Waals surface area (Å²) in [5.74, 6) is -0.0353. The second-order valence-corrected chi connectivity index (χ2v) is 6.22. The number of amides is 1. The summed E-state index contributed by atoms with van der Waals surface area (Å²) >= 11 is 8.15. The number of halogens is 2. The highest BCUT2D eigenvalue weighted by atomic mass is 127. The Morgan fingerprint density at radius 3 is 2.58 bits per heavy atom. The molecule has 1 aromatic rings. The summed E-state index contributed by atoms with van der Waals surface area (Å²) in [7, 11) is 0. The molecule has 1 rings (SSSR count). The van der Waals surface area contributed by atoms with E-state index in [9.17, 15) is 4.79 Å². The molecule has 0 aromatic heterocycles. The van der Waals surface area contributed by atoms with E-state index in [1.165, 1.54) is 32.1 Å². The van der Waals surface area contributed by atoms with E-state index in [-0.39, 0.29) is 5.91 Å². The van der Waals surface area contributed by atoms with Crippen LogP contribution in [0.3, 0.4) is 0 Å². The van der Waals surface area contributed by atoms with Crippen LogP contribution < -0.4 is 5.32 Å². The summed E-state index contributed by atoms with van der Waals surface area (Å²) in [6, 6.07) is 5.40. The highest BCUT2D eigenvalue weighted by Crippen LogP contribution is 2.19. The van der Waals surface area contributed by atoms with Gasteiger partial charge in [-0.15, -0.1) is 0 Å². The van der Waals surface area contributed by atoms with E-state index >= 15 is 0 Å². The number of hydrogen-bond acceptors (Lipinski definition) is 1. The third-order valence-electron chi connectivity index (χ3n) is 3.00. The molecule has 1 N–H and O–H groups in total. The van der Waals surface area contributed by atoms with Crippen molar-refractivity contribution in [2.45, 2.75) is 45.4 Å². The van der Waals surface area contributed by atoms with E-state index in [4.69, 9.17) is 11.6 Å². The molecule has 0 bridgehead atoms. The van der Waals surface area contributed by atoms with Gasteiger partial charge in [0.25, 0.3) is 5.91 Å². The Hall–Kier alpha value is -0.290. The highest BCUT2D eigenvalue weighted by molar-refractivity contribution is 14.1. The quantitative estimate of drug-likeness (QED) is 0.487. The van der Waals surface area contributed by atoms with Crippen molar-refractivity contribution >= 4 is 40.1 Å². The van der Waals surface area contributed by atoms with Crippen LogP contribution in [-0.2, 0) is 0 Å². The summed E-state index contributed by atoms with van der Waals surface area (Å²) in [6.07, 6.45) is 7.38. The van der Waals surface area contributed by atoms with Crippen LogP contribution in [0.15, 0.2) is 18.2 Å². The molecule has 1 amide bonds. The van der Waals surface area contributed by atoms with Crippen molar-refractivity contribution in [3.8, 4) is 0 Å². The molecule has 1 aromatic carbocycles. The molecule has 19 heavy (non-hydrogen) atoms. The molecule has 0 fully saturated rings. The average Bonchev–Trinajstić information content (AvgIpc) is 2.40. The fourth-order valence-corrected chi connectivity index (χ4v) is 2.36. The van der Waals surface area contributed by atoms with Gasteiger partial charge < -0.3 is 5.32 Å². The van der Waals surface area contributed by atoms with Gasteiger partial charge in [-0.25, -0.2) is 0 Å². The van der Waals surface area contributed by atoms with E-state index in [0.717, 1.165) is 16.5 Å². The predicted molar refractivity (Wildman–Crippen MR) is 89.9 cm³/mol. The lowest BCUT2D eigenvalue weighted by Crippen LogP contribution is -2.24. The monoisotopic (exact) mass is 393 g/mol. The van der Waals surface area contributed by atoms with Crippen LogP contribution >= 0.6 is 34.2 Å². The largest absolute Gasteiger partial charge is 0.352 e. The lowest BCUT2D eigenvalue weighted by Gasteiger charge is -2.06. The lowest BCUT2D eigenvalue weighted by atomic mass is 10.1. The fraction of sp³-hybridized carbons (Fsp3) is 0.533. The summed E-state index contributed by atoms with van der Waals surface area (Å²) in [5.41, 5.74) is 0.636. The van der Waals surface area contributed by atoms with E-state index in [2.05, 4.69) is 34.8 Å². The maximum absolute atomic E-state index is 11.9. The number of unbranched alkanes of at least 4 members (excludes halogenated alkanes) is 5. The third kappa shape index (κ3) is 6.61. The van der Waals surface area contributed by atoms with Gasteiger partial charge in [-0.05, 0) is 47.2 Å². The molecule has 0 heterocycles. The predicted octanol–water partition coefficient (Wildman–Crippen LogP) is 5.03. The molecule has 0 aliphatic rings. The minimum atomic E-state index is -0.0353. The Kier molecular flexibility index (Phi) is 8.46. The van der Waals surface area contributed by atoms with Gasteiger partial charge in [-0.2, -0.15) is 0 Å². The van der Waals surface area contributed by atoms with Crippen molar-refractivity contribution < 1.29 is 4.79 Å². The molecular weight excluding hydrogens is 373 g/mol. The molecule has 2 nitrogen and oxygen atoms in total. The van der Waals surface area contributed by atoms with Gasteiger partial charge in [0.05, 0.1) is 5.02 Å². The Morgan fingerprint density at radius 1 is 1.21 bits per heavy atom. The number of carbonyl (C=O) groups is 1. The number of benzene rings is 1. The van der Waals surface area contributed by atoms with Crippen molar-refractivity contribution in [1.29, 1.82) is 0 Å². The molecule has 0 saturated carbocycles. The van der Waals surface area contributed by atoms with Crippen LogP contribution in [0.25, 0.3) is 0 Å². The van der Waals surface area contributed by atoms with Gasteiger partial charge >= 0.3 is 0 Å². The van der Waals surface area contributed by atoms with Crippen LogP contribution in [-0.4, -0.2) is 12.5 Å². The van der Waals surface area contributed by atoms with Gasteiger partial charge in [-0.1, -0.05) is 50.6 Å². The number of carbonyl (C=O) groups excluding carboxylic acids is 1. The van der Waals surface area contributed by atoms with Crippen molar-refractivity contribution in [2.24, 2.45) is 0 Å². The minimum Gasteiger partial charge on any atom is -0.352 e. The Labute approximate surface area is 134 Å². The summed E-state index contributed by atoms with van der Waals surface area (Å²) in [6.45, 7) is 2.96. The Bertz CT molecular complexity index is 409. The van der Waals surface area contributed by atoms with Gasteiger partial charge in [-0.3, -0.25) is 4.79 Å². The van der Waals surface area contributed by atoms with Gasteiger partial charge in [0.1, 0.15) is 0 Å². The van der Waals surface area contributed by atoms with E-state index in [0.29, 0.717) is 10.6 Å². The van der Waals surface area contributed by atoms with E-state index in [1.54, 1.807) is 6.07 Å². The fourth-order valence-electron chi connectivity index (χ4n) is 1.85. The SMILES string of the molecule is CCCCCCCCNC(=O)c1ccc(I)c(Cl)c1. The first kappa shape index (κ1) is 16.8. The van der Waals surface area contributed by atoms with Crippen molar-refractivity contribution in [2.75, 3.05) is 6.54 Å². The van der Waals surface area contributed by atoms with Crippen molar-refractivity contribution in [3.05, 3.63) is 32.4 Å². The Morgan fingerprint density at radius 2 is 1.89 bits per heavy atom. The molecule has 0 spiro atoms. The van der Waals surface area contributed by atoms with Gasteiger partial charge in [0, 0.05) is 15.7 Å². The Balaban J connectivity index is 2.22. The smallest absolute Gasteiger partial charge is 0.251 e. The van der Waals surface area contributed by atoms with E-state index in [1.807, 2.05) is 12.1 Å². The summed E-state index contributed by atoms with van der Waals surface area (Å²) in [5, 5.41) is 3.57. The van der Waals surface area contributed by atoms with Crippen LogP contribution in [0.1, 0.15) is 55.8 Å². The van der Waals surface area contributed by atoms with Gasteiger partial charge in [0.15, 0.2) is 0 Å². The van der Waals surface area contributed by atoms with Crippen LogP contribution in [0.2, 0.25) is 5.02 Å². The number of hydrogen-bond donors (Lipinski definition) is 1. The average molecular weight is 394 g/mol. The molecule has 0 aliphatic heterocycles. The second-order valence-electron chi connectivity index (χ2n) is 4.65. The van der Waals surface area contributed by atoms with Crippen LogP contribution in [0.4, 0.5) is 0 Å². The van der Waals surface area contributed by atoms with E-state index < -0.39 is 0 Å². The maximum atomic E-state index is 11.9. The van der Waals surface area contributed by atoms with Gasteiger partial charge in [0.2, 0.25) is 0 Å². The van der Waals surface area contributed by atoms with Crippen molar-refractivity contribution in [3.63, 3.8) is 0 Å². The molecule has 106 valence electrons.